The van der Waals surface area contributed by atoms with Gasteiger partial charge in [0, 0.05) is 11.6 Å². The molecule has 0 aromatic heterocycles. The number of methoxy groups -OCH3 is 1. The molecule has 0 N–H and O–H groups in total. The Balaban J connectivity index is 2.01. The van der Waals surface area contributed by atoms with Crippen molar-refractivity contribution >= 4 is 46.8 Å². The molecule has 3 rings (SSSR count). The van der Waals surface area contributed by atoms with Gasteiger partial charge in [-0.15, -0.1) is 0 Å². The van der Waals surface area contributed by atoms with Gasteiger partial charge in [-0.3, -0.25) is 10.1 Å². The molecule has 0 bridgehead atoms. The van der Waals surface area contributed by atoms with E-state index in [0.717, 1.165) is 0 Å². The zero-order chi connectivity index (χ0) is 18.8. The number of esters is 1. The van der Waals surface area contributed by atoms with Gasteiger partial charge >= 0.3 is 11.7 Å². The first-order valence-electron chi connectivity index (χ1n) is 7.20. The SMILES string of the molecule is COc1ccc(C2=N/C(=C\c3cccc(Cl)c3Cl)C(=O)O2)cc1[N+](=O)[O-]. The molecule has 0 saturated heterocycles. The van der Waals surface area contributed by atoms with Gasteiger partial charge in [0.05, 0.1) is 22.1 Å². The van der Waals surface area contributed by atoms with Crippen LogP contribution in [-0.2, 0) is 9.53 Å². The van der Waals surface area contributed by atoms with E-state index in [1.165, 1.54) is 31.4 Å². The van der Waals surface area contributed by atoms with Crippen molar-refractivity contribution in [3.63, 3.8) is 0 Å². The van der Waals surface area contributed by atoms with Gasteiger partial charge in [-0.05, 0) is 29.8 Å². The minimum Gasteiger partial charge on any atom is -0.490 e. The highest BCUT2D eigenvalue weighted by atomic mass is 35.5. The molecule has 2 aromatic rings. The van der Waals surface area contributed by atoms with Crippen molar-refractivity contribution in [1.82, 2.24) is 0 Å². The normalized spacial score (nSPS) is 15.0. The molecule has 0 spiro atoms. The molecule has 7 nitrogen and oxygen atoms in total. The molecule has 0 saturated carbocycles. The predicted octanol–water partition coefficient (Wildman–Crippen LogP) is 4.25. The third-order valence-corrected chi connectivity index (χ3v) is 4.35. The Morgan fingerprint density at radius 1 is 1.27 bits per heavy atom. The number of rotatable bonds is 4. The summed E-state index contributed by atoms with van der Waals surface area (Å²) in [4.78, 5) is 26.7. The molecule has 0 aliphatic carbocycles. The fourth-order valence-electron chi connectivity index (χ4n) is 2.28. The Morgan fingerprint density at radius 3 is 2.73 bits per heavy atom. The number of hydrogen-bond acceptors (Lipinski definition) is 6. The second-order valence-electron chi connectivity index (χ2n) is 5.12. The molecular formula is C17H10Cl2N2O5. The zero-order valence-electron chi connectivity index (χ0n) is 13.2. The quantitative estimate of drug-likeness (QED) is 0.335. The van der Waals surface area contributed by atoms with Crippen LogP contribution in [0.25, 0.3) is 6.08 Å². The van der Waals surface area contributed by atoms with Crippen molar-refractivity contribution in [2.75, 3.05) is 7.11 Å². The van der Waals surface area contributed by atoms with E-state index in [0.29, 0.717) is 10.6 Å². The molecule has 132 valence electrons. The standard InChI is InChI=1S/C17H10Cl2N2O5/c1-25-14-6-5-10(8-13(14)21(23)24)16-20-12(17(22)26-16)7-9-3-2-4-11(18)15(9)19/h2-8H,1H3/b12-7-. The minimum absolute atomic E-state index is 0.00244. The van der Waals surface area contributed by atoms with Crippen LogP contribution >= 0.6 is 23.2 Å². The van der Waals surface area contributed by atoms with Crippen LogP contribution in [0.5, 0.6) is 5.75 Å². The predicted molar refractivity (Wildman–Crippen MR) is 96.7 cm³/mol. The highest BCUT2D eigenvalue weighted by Gasteiger charge is 2.27. The largest absolute Gasteiger partial charge is 0.490 e. The van der Waals surface area contributed by atoms with Crippen LogP contribution in [0.4, 0.5) is 5.69 Å². The Hall–Kier alpha value is -2.90. The topological polar surface area (TPSA) is 91.0 Å². The van der Waals surface area contributed by atoms with Crippen LogP contribution in [0.2, 0.25) is 10.0 Å². The van der Waals surface area contributed by atoms with E-state index in [9.17, 15) is 14.9 Å². The van der Waals surface area contributed by atoms with Crippen LogP contribution in [0.3, 0.4) is 0 Å². The number of carbonyl (C=O) groups is 1. The van der Waals surface area contributed by atoms with Crippen molar-refractivity contribution < 1.29 is 19.2 Å². The number of nitro benzene ring substituents is 1. The molecule has 2 aromatic carbocycles. The lowest BCUT2D eigenvalue weighted by Gasteiger charge is -2.03. The zero-order valence-corrected chi connectivity index (χ0v) is 14.7. The van der Waals surface area contributed by atoms with Crippen molar-refractivity contribution in [1.29, 1.82) is 0 Å². The third kappa shape index (κ3) is 3.40. The maximum Gasteiger partial charge on any atom is 0.363 e. The summed E-state index contributed by atoms with van der Waals surface area (Å²) in [7, 11) is 1.32. The summed E-state index contributed by atoms with van der Waals surface area (Å²) in [6, 6.07) is 9.09. The molecule has 1 aliphatic rings. The highest BCUT2D eigenvalue weighted by Crippen LogP contribution is 2.31. The fourth-order valence-corrected chi connectivity index (χ4v) is 2.64. The van der Waals surface area contributed by atoms with Gasteiger partial charge < -0.3 is 9.47 Å². The van der Waals surface area contributed by atoms with Crippen LogP contribution < -0.4 is 4.74 Å². The summed E-state index contributed by atoms with van der Waals surface area (Å²) in [5, 5.41) is 11.7. The Labute approximate surface area is 157 Å². The van der Waals surface area contributed by atoms with E-state index in [-0.39, 0.29) is 33.6 Å². The molecule has 1 heterocycles. The van der Waals surface area contributed by atoms with Crippen LogP contribution in [0.15, 0.2) is 47.1 Å². The molecular weight excluding hydrogens is 383 g/mol. The van der Waals surface area contributed by atoms with E-state index in [1.54, 1.807) is 18.2 Å². The number of halogens is 2. The number of nitrogens with zero attached hydrogens (tertiary/aromatic N) is 2. The van der Waals surface area contributed by atoms with Crippen LogP contribution in [0.1, 0.15) is 11.1 Å². The maximum absolute atomic E-state index is 12.1. The second-order valence-corrected chi connectivity index (χ2v) is 5.91. The summed E-state index contributed by atoms with van der Waals surface area (Å²) >= 11 is 12.0. The van der Waals surface area contributed by atoms with Gasteiger partial charge in [-0.25, -0.2) is 9.79 Å². The third-order valence-electron chi connectivity index (χ3n) is 3.52. The van der Waals surface area contributed by atoms with Gasteiger partial charge in [-0.1, -0.05) is 35.3 Å². The van der Waals surface area contributed by atoms with Gasteiger partial charge in [0.15, 0.2) is 11.4 Å². The Morgan fingerprint density at radius 2 is 2.04 bits per heavy atom. The summed E-state index contributed by atoms with van der Waals surface area (Å²) in [6.07, 6.45) is 1.43. The van der Waals surface area contributed by atoms with Crippen molar-refractivity contribution in [2.45, 2.75) is 0 Å². The minimum atomic E-state index is -0.700. The van der Waals surface area contributed by atoms with Gasteiger partial charge in [-0.2, -0.15) is 0 Å². The first-order chi connectivity index (χ1) is 12.4. The number of nitro groups is 1. The molecule has 1 aliphatic heterocycles. The van der Waals surface area contributed by atoms with Crippen molar-refractivity contribution in [3.8, 4) is 5.75 Å². The number of hydrogen-bond donors (Lipinski definition) is 0. The fraction of sp³-hybridized carbons (Fsp3) is 0.0588. The summed E-state index contributed by atoms with van der Waals surface area (Å²) < 4.78 is 10.1. The highest BCUT2D eigenvalue weighted by molar-refractivity contribution is 6.43. The smallest absolute Gasteiger partial charge is 0.363 e. The lowest BCUT2D eigenvalue weighted by molar-refractivity contribution is -0.385. The van der Waals surface area contributed by atoms with E-state index in [2.05, 4.69) is 4.99 Å². The number of carbonyl (C=O) groups excluding carboxylic acids is 1. The first kappa shape index (κ1) is 17.9. The van der Waals surface area contributed by atoms with Gasteiger partial charge in [0.2, 0.25) is 5.90 Å². The van der Waals surface area contributed by atoms with Crippen molar-refractivity contribution in [3.05, 3.63) is 73.4 Å². The summed E-state index contributed by atoms with van der Waals surface area (Å²) in [5.74, 6) is -0.662. The van der Waals surface area contributed by atoms with E-state index in [1.807, 2.05) is 0 Å². The maximum atomic E-state index is 12.1. The number of cyclic esters (lactones) is 1. The lowest BCUT2D eigenvalue weighted by atomic mass is 10.2. The average molecular weight is 393 g/mol. The van der Waals surface area contributed by atoms with E-state index in [4.69, 9.17) is 32.7 Å². The molecule has 0 unspecified atom stereocenters. The molecule has 0 atom stereocenters. The number of aliphatic imine (C=N–C) groups is 1. The number of ether oxygens (including phenoxy) is 2. The van der Waals surface area contributed by atoms with Crippen molar-refractivity contribution in [2.24, 2.45) is 4.99 Å². The molecule has 0 radical (unpaired) electrons. The first-order valence-corrected chi connectivity index (χ1v) is 7.95. The molecule has 0 fully saturated rings. The van der Waals surface area contributed by atoms with E-state index >= 15 is 0 Å². The number of benzene rings is 2. The van der Waals surface area contributed by atoms with E-state index < -0.39 is 10.9 Å². The van der Waals surface area contributed by atoms with Crippen LogP contribution in [-0.4, -0.2) is 23.9 Å². The summed E-state index contributed by atoms with van der Waals surface area (Å²) in [5.41, 5.74) is 0.505. The monoisotopic (exact) mass is 392 g/mol. The van der Waals surface area contributed by atoms with Crippen LogP contribution in [0, 0.1) is 10.1 Å². The summed E-state index contributed by atoms with van der Waals surface area (Å²) in [6.45, 7) is 0. The Kier molecular flexibility index (Phi) is 4.92. The Bertz CT molecular complexity index is 985. The second kappa shape index (κ2) is 7.15. The molecule has 0 amide bonds. The molecule has 26 heavy (non-hydrogen) atoms. The average Bonchev–Trinajstić information content (AvgIpc) is 2.99. The van der Waals surface area contributed by atoms with Gasteiger partial charge in [0.1, 0.15) is 0 Å². The van der Waals surface area contributed by atoms with Gasteiger partial charge in [0.25, 0.3) is 0 Å². The molecule has 9 heteroatoms. The lowest BCUT2D eigenvalue weighted by Crippen LogP contribution is -2.06.